The van der Waals surface area contributed by atoms with Crippen molar-refractivity contribution in [1.29, 1.82) is 5.26 Å². The van der Waals surface area contributed by atoms with Crippen molar-refractivity contribution < 1.29 is 9.53 Å². The van der Waals surface area contributed by atoms with Gasteiger partial charge in [-0.05, 0) is 17.7 Å². The molecule has 5 heteroatoms. The van der Waals surface area contributed by atoms with Crippen molar-refractivity contribution in [1.82, 2.24) is 0 Å². The number of carbonyl (C=O) groups is 1. The van der Waals surface area contributed by atoms with E-state index in [0.717, 1.165) is 5.56 Å². The van der Waals surface area contributed by atoms with Gasteiger partial charge in [-0.1, -0.05) is 15.9 Å². The minimum absolute atomic E-state index is 0.237. The van der Waals surface area contributed by atoms with Crippen molar-refractivity contribution in [3.8, 4) is 6.07 Å². The average Bonchev–Trinajstić information content (AvgIpc) is 2.27. The molecule has 0 aliphatic heterocycles. The van der Waals surface area contributed by atoms with Crippen molar-refractivity contribution in [3.63, 3.8) is 0 Å². The van der Waals surface area contributed by atoms with Crippen LogP contribution >= 0.6 is 27.5 Å². The summed E-state index contributed by atoms with van der Waals surface area (Å²) >= 11 is 8.94. The molecule has 1 aromatic carbocycles. The second-order valence-electron chi connectivity index (χ2n) is 2.73. The van der Waals surface area contributed by atoms with Gasteiger partial charge in [-0.15, -0.1) is 11.6 Å². The molecule has 0 amide bonds. The number of halogens is 2. The van der Waals surface area contributed by atoms with Crippen LogP contribution in [0.5, 0.6) is 0 Å². The standard InChI is InChI=1S/C10H7BrClNO2/c1-15-10(14)8-3-9(11)6(4-12)2-7(8)5-13/h2-3H,4H2,1H3. The van der Waals surface area contributed by atoms with E-state index in [1.54, 1.807) is 12.1 Å². The molecule has 1 rings (SSSR count). The van der Waals surface area contributed by atoms with Crippen LogP contribution in [0.25, 0.3) is 0 Å². The molecule has 0 fully saturated rings. The molecule has 0 saturated heterocycles. The van der Waals surface area contributed by atoms with Gasteiger partial charge >= 0.3 is 5.97 Å². The van der Waals surface area contributed by atoms with Crippen molar-refractivity contribution in [2.75, 3.05) is 7.11 Å². The molecule has 15 heavy (non-hydrogen) atoms. The molecule has 0 bridgehead atoms. The number of hydrogen-bond acceptors (Lipinski definition) is 3. The Morgan fingerprint density at radius 1 is 1.67 bits per heavy atom. The second kappa shape index (κ2) is 5.15. The first-order valence-electron chi connectivity index (χ1n) is 4.00. The third-order valence-corrected chi connectivity index (χ3v) is 2.88. The van der Waals surface area contributed by atoms with E-state index < -0.39 is 5.97 Å². The number of rotatable bonds is 2. The summed E-state index contributed by atoms with van der Waals surface area (Å²) in [6.07, 6.45) is 0. The topological polar surface area (TPSA) is 50.1 Å². The van der Waals surface area contributed by atoms with Crippen LogP contribution in [0.15, 0.2) is 16.6 Å². The van der Waals surface area contributed by atoms with E-state index in [1.165, 1.54) is 7.11 Å². The number of nitriles is 1. The van der Waals surface area contributed by atoms with E-state index in [2.05, 4.69) is 20.7 Å². The van der Waals surface area contributed by atoms with Gasteiger partial charge in [-0.2, -0.15) is 5.26 Å². The van der Waals surface area contributed by atoms with Crippen LogP contribution in [0.2, 0.25) is 0 Å². The number of nitrogens with zero attached hydrogens (tertiary/aromatic N) is 1. The SMILES string of the molecule is COC(=O)c1cc(Br)c(CCl)cc1C#N. The highest BCUT2D eigenvalue weighted by atomic mass is 79.9. The van der Waals surface area contributed by atoms with Crippen LogP contribution in [-0.4, -0.2) is 13.1 Å². The van der Waals surface area contributed by atoms with Crippen LogP contribution in [0.3, 0.4) is 0 Å². The lowest BCUT2D eigenvalue weighted by Crippen LogP contribution is -2.05. The third kappa shape index (κ3) is 2.49. The summed E-state index contributed by atoms with van der Waals surface area (Å²) in [4.78, 5) is 11.3. The lowest BCUT2D eigenvalue weighted by Gasteiger charge is -2.06. The molecule has 78 valence electrons. The summed E-state index contributed by atoms with van der Waals surface area (Å²) in [7, 11) is 1.27. The minimum Gasteiger partial charge on any atom is -0.465 e. The van der Waals surface area contributed by atoms with Gasteiger partial charge in [0.15, 0.2) is 0 Å². The summed E-state index contributed by atoms with van der Waals surface area (Å²) < 4.78 is 5.25. The fourth-order valence-corrected chi connectivity index (χ4v) is 1.96. The zero-order chi connectivity index (χ0) is 11.4. The van der Waals surface area contributed by atoms with Gasteiger partial charge in [0.2, 0.25) is 0 Å². The van der Waals surface area contributed by atoms with Gasteiger partial charge in [0, 0.05) is 10.4 Å². The molecular weight excluding hydrogens is 281 g/mol. The number of esters is 1. The Kier molecular flexibility index (Phi) is 4.13. The predicted molar refractivity (Wildman–Crippen MR) is 59.8 cm³/mol. The van der Waals surface area contributed by atoms with Crippen LogP contribution in [0.1, 0.15) is 21.5 Å². The normalized spacial score (nSPS) is 9.47. The van der Waals surface area contributed by atoms with Crippen molar-refractivity contribution >= 4 is 33.5 Å². The predicted octanol–water partition coefficient (Wildman–Crippen LogP) is 2.85. The van der Waals surface area contributed by atoms with Crippen LogP contribution < -0.4 is 0 Å². The third-order valence-electron chi connectivity index (χ3n) is 1.86. The lowest BCUT2D eigenvalue weighted by molar-refractivity contribution is 0.0600. The van der Waals surface area contributed by atoms with Gasteiger partial charge in [0.05, 0.1) is 18.2 Å². The zero-order valence-corrected chi connectivity index (χ0v) is 10.2. The van der Waals surface area contributed by atoms with Crippen molar-refractivity contribution in [2.45, 2.75) is 5.88 Å². The maximum Gasteiger partial charge on any atom is 0.339 e. The molecule has 3 nitrogen and oxygen atoms in total. The summed E-state index contributed by atoms with van der Waals surface area (Å²) in [6.45, 7) is 0. The van der Waals surface area contributed by atoms with Gasteiger partial charge in [0.25, 0.3) is 0 Å². The fraction of sp³-hybridized carbons (Fsp3) is 0.200. The molecule has 0 unspecified atom stereocenters. The number of alkyl halides is 1. The summed E-state index contributed by atoms with van der Waals surface area (Å²) in [6, 6.07) is 5.05. The van der Waals surface area contributed by atoms with Gasteiger partial charge in [-0.3, -0.25) is 0 Å². The highest BCUT2D eigenvalue weighted by Gasteiger charge is 2.14. The Bertz CT molecular complexity index is 440. The minimum atomic E-state index is -0.534. The van der Waals surface area contributed by atoms with E-state index in [4.69, 9.17) is 16.9 Å². The monoisotopic (exact) mass is 287 g/mol. The molecule has 1 aromatic rings. The highest BCUT2D eigenvalue weighted by Crippen LogP contribution is 2.23. The first-order chi connectivity index (χ1) is 7.13. The van der Waals surface area contributed by atoms with Crippen molar-refractivity contribution in [2.24, 2.45) is 0 Å². The van der Waals surface area contributed by atoms with Crippen molar-refractivity contribution in [3.05, 3.63) is 33.3 Å². The number of ether oxygens (including phenoxy) is 1. The summed E-state index contributed by atoms with van der Waals surface area (Å²) in [5.74, 6) is -0.259. The van der Waals surface area contributed by atoms with Crippen LogP contribution in [0, 0.1) is 11.3 Å². The number of hydrogen-bond donors (Lipinski definition) is 0. The zero-order valence-electron chi connectivity index (χ0n) is 7.88. The Morgan fingerprint density at radius 2 is 2.33 bits per heavy atom. The first-order valence-corrected chi connectivity index (χ1v) is 5.33. The Hall–Kier alpha value is -1.05. The summed E-state index contributed by atoms with van der Waals surface area (Å²) in [5, 5.41) is 8.86. The van der Waals surface area contributed by atoms with Crippen LogP contribution in [-0.2, 0) is 10.6 Å². The molecule has 0 saturated carbocycles. The molecule has 0 radical (unpaired) electrons. The Labute approximate surface area is 101 Å². The molecule has 0 spiro atoms. The lowest BCUT2D eigenvalue weighted by atomic mass is 10.1. The summed E-state index contributed by atoms with van der Waals surface area (Å²) in [5.41, 5.74) is 1.27. The largest absolute Gasteiger partial charge is 0.465 e. The van der Waals surface area contributed by atoms with Gasteiger partial charge < -0.3 is 4.74 Å². The molecular formula is C10H7BrClNO2. The van der Waals surface area contributed by atoms with Crippen LogP contribution in [0.4, 0.5) is 0 Å². The second-order valence-corrected chi connectivity index (χ2v) is 3.85. The maximum atomic E-state index is 11.3. The van der Waals surface area contributed by atoms with E-state index >= 15 is 0 Å². The Balaban J connectivity index is 3.35. The van der Waals surface area contributed by atoms with E-state index in [1.807, 2.05) is 6.07 Å². The molecule has 0 heterocycles. The van der Waals surface area contributed by atoms with E-state index in [9.17, 15) is 4.79 Å². The highest BCUT2D eigenvalue weighted by molar-refractivity contribution is 9.10. The quantitative estimate of drug-likeness (QED) is 0.621. The molecule has 0 N–H and O–H groups in total. The van der Waals surface area contributed by atoms with Gasteiger partial charge in [0.1, 0.15) is 6.07 Å². The number of carbonyl (C=O) groups excluding carboxylic acids is 1. The maximum absolute atomic E-state index is 11.3. The number of methoxy groups -OCH3 is 1. The molecule has 0 aliphatic rings. The average molecular weight is 289 g/mol. The smallest absolute Gasteiger partial charge is 0.339 e. The first kappa shape index (κ1) is 12.0. The fourth-order valence-electron chi connectivity index (χ4n) is 1.09. The van der Waals surface area contributed by atoms with E-state index in [0.29, 0.717) is 4.47 Å². The Morgan fingerprint density at radius 3 is 2.80 bits per heavy atom. The molecule has 0 aromatic heterocycles. The molecule has 0 atom stereocenters. The number of benzene rings is 1. The molecule has 0 aliphatic carbocycles. The van der Waals surface area contributed by atoms with E-state index in [-0.39, 0.29) is 17.0 Å². The van der Waals surface area contributed by atoms with Gasteiger partial charge in [-0.25, -0.2) is 4.79 Å².